The smallest absolute Gasteiger partial charge is 0.224 e. The zero-order valence-electron chi connectivity index (χ0n) is 14.1. The van der Waals surface area contributed by atoms with Crippen LogP contribution in [0.4, 0.5) is 0 Å². The number of hydrogen-bond acceptors (Lipinski definition) is 4. The molecule has 5 nitrogen and oxygen atoms in total. The first kappa shape index (κ1) is 17.3. The number of ether oxygens (including phenoxy) is 2. The Morgan fingerprint density at radius 1 is 1.42 bits per heavy atom. The molecule has 0 unspecified atom stereocenters. The Balaban J connectivity index is 1.75. The molecule has 1 amide bonds. The molecule has 1 fully saturated rings. The summed E-state index contributed by atoms with van der Waals surface area (Å²) in [6.07, 6.45) is 1.79. The van der Waals surface area contributed by atoms with Crippen molar-refractivity contribution in [2.24, 2.45) is 0 Å². The molecular weight excluding hydrogens is 330 g/mol. The number of carbonyl (C=O) groups is 1. The van der Waals surface area contributed by atoms with Crippen molar-refractivity contribution in [3.8, 4) is 0 Å². The first-order chi connectivity index (χ1) is 11.5. The molecule has 1 aliphatic heterocycles. The van der Waals surface area contributed by atoms with Crippen molar-refractivity contribution < 1.29 is 18.7 Å². The summed E-state index contributed by atoms with van der Waals surface area (Å²) in [4.78, 5) is 12.4. The van der Waals surface area contributed by atoms with E-state index in [0.717, 1.165) is 27.7 Å². The summed E-state index contributed by atoms with van der Waals surface area (Å²) in [6.45, 7) is 7.42. The summed E-state index contributed by atoms with van der Waals surface area (Å²) in [5.74, 6) is -0.0750. The van der Waals surface area contributed by atoms with Gasteiger partial charge in [-0.15, -0.1) is 0 Å². The number of benzene rings is 1. The van der Waals surface area contributed by atoms with Crippen molar-refractivity contribution in [1.29, 1.82) is 0 Å². The van der Waals surface area contributed by atoms with E-state index in [4.69, 9.17) is 25.5 Å². The fraction of sp³-hybridized carbons (Fsp3) is 0.500. The first-order valence-corrected chi connectivity index (χ1v) is 8.53. The number of rotatable bonds is 5. The van der Waals surface area contributed by atoms with Gasteiger partial charge in [-0.05, 0) is 38.0 Å². The predicted molar refractivity (Wildman–Crippen MR) is 92.6 cm³/mol. The van der Waals surface area contributed by atoms with E-state index in [9.17, 15) is 4.79 Å². The summed E-state index contributed by atoms with van der Waals surface area (Å²) in [6, 6.07) is 1.80. The summed E-state index contributed by atoms with van der Waals surface area (Å²) < 4.78 is 16.6. The maximum atomic E-state index is 12.4. The number of amides is 1. The van der Waals surface area contributed by atoms with Crippen LogP contribution < -0.4 is 5.32 Å². The molecule has 2 aromatic rings. The van der Waals surface area contributed by atoms with Crippen LogP contribution in [0, 0.1) is 13.8 Å². The van der Waals surface area contributed by atoms with Gasteiger partial charge in [0.15, 0.2) is 0 Å². The van der Waals surface area contributed by atoms with Gasteiger partial charge in [-0.1, -0.05) is 11.6 Å². The Hall–Kier alpha value is -1.56. The highest BCUT2D eigenvalue weighted by Gasteiger charge is 2.30. The first-order valence-electron chi connectivity index (χ1n) is 8.15. The summed E-state index contributed by atoms with van der Waals surface area (Å²) in [5.41, 5.74) is 3.51. The van der Waals surface area contributed by atoms with Crippen LogP contribution in [-0.4, -0.2) is 37.9 Å². The van der Waals surface area contributed by atoms with Crippen LogP contribution in [0.3, 0.4) is 0 Å². The molecule has 0 spiro atoms. The molecule has 6 heteroatoms. The number of halogens is 1. The van der Waals surface area contributed by atoms with Gasteiger partial charge in [-0.25, -0.2) is 0 Å². The van der Waals surface area contributed by atoms with Gasteiger partial charge in [-0.3, -0.25) is 4.79 Å². The molecule has 130 valence electrons. The molecule has 1 aliphatic rings. The molecule has 1 N–H and O–H groups in total. The third-order valence-corrected chi connectivity index (χ3v) is 4.98. The van der Waals surface area contributed by atoms with Crippen molar-refractivity contribution in [3.63, 3.8) is 0 Å². The van der Waals surface area contributed by atoms with Gasteiger partial charge in [0.05, 0.1) is 31.9 Å². The van der Waals surface area contributed by atoms with Crippen LogP contribution in [0.25, 0.3) is 11.0 Å². The van der Waals surface area contributed by atoms with Gasteiger partial charge in [-0.2, -0.15) is 0 Å². The third-order valence-electron chi connectivity index (χ3n) is 4.40. The maximum Gasteiger partial charge on any atom is 0.224 e. The highest BCUT2D eigenvalue weighted by atomic mass is 35.5. The molecule has 1 aromatic heterocycles. The standard InChI is InChI=1S/C18H22ClNO4/c1-4-23-15-9-22-8-13(15)20-16(21)6-12-7-24-14-5-10(2)18(19)11(3)17(12)14/h5,7,13,15H,4,6,8-9H2,1-3H3,(H,20,21)/t13-,15-/m0/s1. The molecule has 0 radical (unpaired) electrons. The Labute approximate surface area is 146 Å². The van der Waals surface area contributed by atoms with Gasteiger partial charge < -0.3 is 19.2 Å². The van der Waals surface area contributed by atoms with Crippen molar-refractivity contribution >= 4 is 28.5 Å². The van der Waals surface area contributed by atoms with Crippen LogP contribution >= 0.6 is 11.6 Å². The normalized spacial score (nSPS) is 20.7. The quantitative estimate of drug-likeness (QED) is 0.898. The lowest BCUT2D eigenvalue weighted by Gasteiger charge is -2.18. The molecule has 3 rings (SSSR count). The molecule has 0 bridgehead atoms. The molecular formula is C18H22ClNO4. The zero-order valence-corrected chi connectivity index (χ0v) is 14.9. The van der Waals surface area contributed by atoms with Crippen LogP contribution in [0.1, 0.15) is 23.6 Å². The number of aryl methyl sites for hydroxylation is 2. The van der Waals surface area contributed by atoms with E-state index in [0.29, 0.717) is 24.8 Å². The number of nitrogens with one attached hydrogen (secondary N) is 1. The van der Waals surface area contributed by atoms with Crippen molar-refractivity contribution in [3.05, 3.63) is 34.0 Å². The van der Waals surface area contributed by atoms with Crippen LogP contribution in [-0.2, 0) is 20.7 Å². The minimum atomic E-state index is -0.109. The van der Waals surface area contributed by atoms with E-state index >= 15 is 0 Å². The van der Waals surface area contributed by atoms with Gasteiger partial charge >= 0.3 is 0 Å². The second-order valence-corrected chi connectivity index (χ2v) is 6.53. The molecule has 24 heavy (non-hydrogen) atoms. The Bertz CT molecular complexity index is 755. The SMILES string of the molecule is CCO[C@H]1COC[C@@H]1NC(=O)Cc1coc2cc(C)c(Cl)c(C)c12. The number of carbonyl (C=O) groups excluding carboxylic acids is 1. The summed E-state index contributed by atoms with van der Waals surface area (Å²) in [7, 11) is 0. The Morgan fingerprint density at radius 2 is 2.21 bits per heavy atom. The fourth-order valence-electron chi connectivity index (χ4n) is 3.22. The van der Waals surface area contributed by atoms with Gasteiger partial charge in [0.25, 0.3) is 0 Å². The van der Waals surface area contributed by atoms with E-state index < -0.39 is 0 Å². The fourth-order valence-corrected chi connectivity index (χ4v) is 3.37. The maximum absolute atomic E-state index is 12.4. The van der Waals surface area contributed by atoms with Gasteiger partial charge in [0, 0.05) is 22.6 Å². The van der Waals surface area contributed by atoms with Gasteiger partial charge in [0.1, 0.15) is 11.7 Å². The zero-order chi connectivity index (χ0) is 17.3. The second-order valence-electron chi connectivity index (χ2n) is 6.15. The average molecular weight is 352 g/mol. The van der Waals surface area contributed by atoms with Crippen LogP contribution in [0.2, 0.25) is 5.02 Å². The number of fused-ring (bicyclic) bond motifs is 1. The minimum Gasteiger partial charge on any atom is -0.464 e. The molecule has 0 saturated carbocycles. The second kappa shape index (κ2) is 7.13. The average Bonchev–Trinajstić information content (AvgIpc) is 3.13. The molecule has 2 heterocycles. The van der Waals surface area contributed by atoms with E-state index in [1.807, 2.05) is 26.8 Å². The highest BCUT2D eigenvalue weighted by Crippen LogP contribution is 2.32. The van der Waals surface area contributed by atoms with E-state index in [2.05, 4.69) is 5.32 Å². The third kappa shape index (κ3) is 3.29. The molecule has 1 aromatic carbocycles. The largest absolute Gasteiger partial charge is 0.464 e. The molecule has 1 saturated heterocycles. The number of furan rings is 1. The summed E-state index contributed by atoms with van der Waals surface area (Å²) in [5, 5.41) is 4.63. The minimum absolute atomic E-state index is 0.0750. The monoisotopic (exact) mass is 351 g/mol. The van der Waals surface area contributed by atoms with Crippen LogP contribution in [0.15, 0.2) is 16.7 Å². The van der Waals surface area contributed by atoms with E-state index in [1.165, 1.54) is 0 Å². The topological polar surface area (TPSA) is 60.7 Å². The predicted octanol–water partition coefficient (Wildman–Crippen LogP) is 3.17. The molecule has 2 atom stereocenters. The van der Waals surface area contributed by atoms with Crippen molar-refractivity contribution in [1.82, 2.24) is 5.32 Å². The Morgan fingerprint density at radius 3 is 2.96 bits per heavy atom. The van der Waals surface area contributed by atoms with Crippen molar-refractivity contribution in [2.75, 3.05) is 19.8 Å². The Kier molecular flexibility index (Phi) is 5.13. The van der Waals surface area contributed by atoms with E-state index in [1.54, 1.807) is 6.26 Å². The van der Waals surface area contributed by atoms with Crippen molar-refractivity contribution in [2.45, 2.75) is 39.3 Å². The molecule has 0 aliphatic carbocycles. The van der Waals surface area contributed by atoms with Gasteiger partial charge in [0.2, 0.25) is 5.91 Å². The lowest BCUT2D eigenvalue weighted by molar-refractivity contribution is -0.121. The van der Waals surface area contributed by atoms with Crippen LogP contribution in [0.5, 0.6) is 0 Å². The highest BCUT2D eigenvalue weighted by molar-refractivity contribution is 6.33. The van der Waals surface area contributed by atoms with E-state index in [-0.39, 0.29) is 24.5 Å². The lowest BCUT2D eigenvalue weighted by Crippen LogP contribution is -2.44. The lowest BCUT2D eigenvalue weighted by atomic mass is 10.0. The number of hydrogen-bond donors (Lipinski definition) is 1. The summed E-state index contributed by atoms with van der Waals surface area (Å²) >= 11 is 6.34.